The number of amides is 3. The van der Waals surface area contributed by atoms with E-state index >= 15 is 0 Å². The molecule has 36 heavy (non-hydrogen) atoms. The zero-order valence-corrected chi connectivity index (χ0v) is 19.5. The monoisotopic (exact) mass is 490 g/mol. The van der Waals surface area contributed by atoms with Crippen molar-refractivity contribution in [1.82, 2.24) is 30.2 Å². The van der Waals surface area contributed by atoms with Crippen molar-refractivity contribution in [3.05, 3.63) is 65.9 Å². The molecule has 2 bridgehead atoms. The first-order valence-corrected chi connectivity index (χ1v) is 11.2. The van der Waals surface area contributed by atoms with E-state index in [1.165, 1.54) is 23.8 Å². The number of fused-ring (bicyclic) bond motifs is 2. The largest absolute Gasteiger partial charge is 0.473 e. The molecule has 184 valence electrons. The Hall–Kier alpha value is -4.74. The lowest BCUT2D eigenvalue weighted by molar-refractivity contribution is 0.0932. The van der Waals surface area contributed by atoms with Gasteiger partial charge in [-0.25, -0.2) is 23.7 Å². The number of rotatable bonds is 2. The van der Waals surface area contributed by atoms with E-state index in [1.807, 2.05) is 12.1 Å². The molecule has 0 saturated carbocycles. The average Bonchev–Trinajstić information content (AvgIpc) is 3.29. The molecule has 1 aromatic carbocycles. The highest BCUT2D eigenvalue weighted by Gasteiger charge is 2.20. The quantitative estimate of drug-likeness (QED) is 0.339. The molecule has 0 unspecified atom stereocenters. The van der Waals surface area contributed by atoms with E-state index in [2.05, 4.69) is 31.3 Å². The molecule has 1 atom stereocenters. The van der Waals surface area contributed by atoms with Crippen LogP contribution in [0.1, 0.15) is 22.8 Å². The maximum atomic E-state index is 14.0. The van der Waals surface area contributed by atoms with Crippen LogP contribution in [0.4, 0.5) is 20.7 Å². The highest BCUT2D eigenvalue weighted by atomic mass is 19.1. The summed E-state index contributed by atoms with van der Waals surface area (Å²) in [6.45, 7) is 2.17. The third-order valence-electron chi connectivity index (χ3n) is 5.62. The molecule has 11 nitrogen and oxygen atoms in total. The lowest BCUT2D eigenvalue weighted by atomic mass is 10.1. The van der Waals surface area contributed by atoms with E-state index in [1.54, 1.807) is 25.3 Å². The molecule has 4 N–H and O–H groups in total. The standard InChI is InChI=1S/C24H23FN8O3/c1-13-8-28-22(34)18-11-30-33-12-19(14-3-5-17(6-4-14)31-24(35)26-2)20(32-21(18)33)27-9-15-7-16(25)10-29-23(15)36-13/h3-7,10-13H,8-9H2,1-2H3,(H,27,32)(H,28,34)(H2,26,31,35)/t13-/m0/s1. The number of carbonyl (C=O) groups is 2. The van der Waals surface area contributed by atoms with Crippen molar-refractivity contribution in [3.8, 4) is 17.0 Å². The second kappa shape index (κ2) is 9.49. The van der Waals surface area contributed by atoms with Crippen molar-refractivity contribution >= 4 is 29.1 Å². The fraction of sp³-hybridized carbons (Fsp3) is 0.208. The molecular formula is C24H23FN8O3. The summed E-state index contributed by atoms with van der Waals surface area (Å²) in [6, 6.07) is 8.18. The number of nitrogens with zero attached hydrogens (tertiary/aromatic N) is 4. The van der Waals surface area contributed by atoms with E-state index in [4.69, 9.17) is 9.72 Å². The van der Waals surface area contributed by atoms with Crippen LogP contribution in [0.2, 0.25) is 0 Å². The number of nitrogens with one attached hydrogen (secondary N) is 4. The van der Waals surface area contributed by atoms with E-state index in [0.717, 1.165) is 11.8 Å². The zero-order valence-electron chi connectivity index (χ0n) is 19.5. The van der Waals surface area contributed by atoms with E-state index < -0.39 is 11.9 Å². The van der Waals surface area contributed by atoms with Crippen LogP contribution < -0.4 is 26.0 Å². The molecule has 3 aromatic heterocycles. The van der Waals surface area contributed by atoms with Gasteiger partial charge in [-0.2, -0.15) is 5.10 Å². The van der Waals surface area contributed by atoms with Crippen LogP contribution in [-0.2, 0) is 6.54 Å². The van der Waals surface area contributed by atoms with Gasteiger partial charge in [0.05, 0.1) is 18.9 Å². The summed E-state index contributed by atoms with van der Waals surface area (Å²) in [4.78, 5) is 33.3. The molecule has 5 rings (SSSR count). The SMILES string of the molecule is CNC(=O)Nc1ccc(-c2cn3ncc4c3nc2NCc2cc(F)cnc2O[C@@H](C)CNC4=O)cc1. The van der Waals surface area contributed by atoms with Gasteiger partial charge in [-0.3, -0.25) is 4.79 Å². The second-order valence-corrected chi connectivity index (χ2v) is 8.22. The molecule has 0 spiro atoms. The Balaban J connectivity index is 1.59. The molecule has 0 radical (unpaired) electrons. The van der Waals surface area contributed by atoms with Crippen LogP contribution in [0, 0.1) is 5.82 Å². The fourth-order valence-corrected chi connectivity index (χ4v) is 3.79. The lowest BCUT2D eigenvalue weighted by Gasteiger charge is -2.17. The summed E-state index contributed by atoms with van der Waals surface area (Å²) < 4.78 is 21.4. The summed E-state index contributed by atoms with van der Waals surface area (Å²) in [7, 11) is 1.54. The first-order chi connectivity index (χ1) is 17.4. The summed E-state index contributed by atoms with van der Waals surface area (Å²) in [5.41, 5.74) is 3.24. The predicted octanol–water partition coefficient (Wildman–Crippen LogP) is 2.80. The van der Waals surface area contributed by atoms with Gasteiger partial charge in [0.15, 0.2) is 5.65 Å². The third kappa shape index (κ3) is 4.60. The number of halogens is 1. The van der Waals surface area contributed by atoms with Crippen molar-refractivity contribution in [2.75, 3.05) is 24.2 Å². The first-order valence-electron chi connectivity index (χ1n) is 11.2. The van der Waals surface area contributed by atoms with Crippen molar-refractivity contribution in [1.29, 1.82) is 0 Å². The van der Waals surface area contributed by atoms with Crippen LogP contribution in [0.5, 0.6) is 5.88 Å². The number of aromatic nitrogens is 4. The minimum atomic E-state index is -0.495. The molecule has 0 saturated heterocycles. The van der Waals surface area contributed by atoms with Gasteiger partial charge in [0.2, 0.25) is 5.88 Å². The average molecular weight is 490 g/mol. The molecule has 4 aromatic rings. The summed E-state index contributed by atoms with van der Waals surface area (Å²) in [5, 5.41) is 15.6. The van der Waals surface area contributed by atoms with Gasteiger partial charge in [0.25, 0.3) is 5.91 Å². The molecule has 0 aliphatic carbocycles. The Morgan fingerprint density at radius 2 is 2.00 bits per heavy atom. The van der Waals surface area contributed by atoms with E-state index in [-0.39, 0.29) is 30.9 Å². The minimum Gasteiger partial charge on any atom is -0.473 e. The summed E-state index contributed by atoms with van der Waals surface area (Å²) in [5.74, 6) is -0.125. The van der Waals surface area contributed by atoms with Crippen LogP contribution >= 0.6 is 0 Å². The lowest BCUT2D eigenvalue weighted by Crippen LogP contribution is -2.33. The zero-order chi connectivity index (χ0) is 25.2. The fourth-order valence-electron chi connectivity index (χ4n) is 3.79. The number of urea groups is 1. The number of hydrogen-bond donors (Lipinski definition) is 4. The van der Waals surface area contributed by atoms with Crippen LogP contribution in [0.3, 0.4) is 0 Å². The molecule has 0 fully saturated rings. The van der Waals surface area contributed by atoms with Gasteiger partial charge in [0.1, 0.15) is 23.3 Å². The Labute approximate surface area is 205 Å². The number of hydrogen-bond acceptors (Lipinski definition) is 7. The van der Waals surface area contributed by atoms with Crippen LogP contribution in [0.25, 0.3) is 16.8 Å². The van der Waals surface area contributed by atoms with E-state index in [9.17, 15) is 14.0 Å². The Kier molecular flexibility index (Phi) is 6.07. The molecule has 4 heterocycles. The van der Waals surface area contributed by atoms with Gasteiger partial charge in [-0.1, -0.05) is 12.1 Å². The van der Waals surface area contributed by atoms with Crippen molar-refractivity contribution in [2.24, 2.45) is 0 Å². The minimum absolute atomic E-state index is 0.171. The van der Waals surface area contributed by atoms with Crippen molar-refractivity contribution in [3.63, 3.8) is 0 Å². The van der Waals surface area contributed by atoms with Crippen LogP contribution in [0.15, 0.2) is 48.9 Å². The highest BCUT2D eigenvalue weighted by Crippen LogP contribution is 2.30. The van der Waals surface area contributed by atoms with Gasteiger partial charge in [0, 0.05) is 36.6 Å². The summed E-state index contributed by atoms with van der Waals surface area (Å²) >= 11 is 0. The molecule has 1 aliphatic rings. The first kappa shape index (κ1) is 23.0. The van der Waals surface area contributed by atoms with Gasteiger partial charge in [-0.05, 0) is 30.7 Å². The predicted molar refractivity (Wildman–Crippen MR) is 130 cm³/mol. The normalized spacial score (nSPS) is 15.4. The molecular weight excluding hydrogens is 467 g/mol. The van der Waals surface area contributed by atoms with Crippen molar-refractivity contribution in [2.45, 2.75) is 19.6 Å². The number of carbonyl (C=O) groups excluding carboxylic acids is 2. The van der Waals surface area contributed by atoms with Gasteiger partial charge in [-0.15, -0.1) is 0 Å². The highest BCUT2D eigenvalue weighted by molar-refractivity contribution is 6.00. The Morgan fingerprint density at radius 1 is 1.19 bits per heavy atom. The molecule has 1 aliphatic heterocycles. The number of benzene rings is 1. The third-order valence-corrected chi connectivity index (χ3v) is 5.62. The van der Waals surface area contributed by atoms with Crippen molar-refractivity contribution < 1.29 is 18.7 Å². The van der Waals surface area contributed by atoms with E-state index in [0.29, 0.717) is 33.8 Å². The molecule has 12 heteroatoms. The maximum absolute atomic E-state index is 14.0. The number of pyridine rings is 1. The number of ether oxygens (including phenoxy) is 1. The Morgan fingerprint density at radius 3 is 2.78 bits per heavy atom. The molecule has 3 amide bonds. The van der Waals surface area contributed by atoms with Gasteiger partial charge >= 0.3 is 6.03 Å². The topological polar surface area (TPSA) is 135 Å². The Bertz CT molecular complexity index is 1450. The number of anilines is 2. The van der Waals surface area contributed by atoms with Gasteiger partial charge < -0.3 is 26.0 Å². The maximum Gasteiger partial charge on any atom is 0.318 e. The second-order valence-electron chi connectivity index (χ2n) is 8.22. The smallest absolute Gasteiger partial charge is 0.318 e. The summed E-state index contributed by atoms with van der Waals surface area (Å²) in [6.07, 6.45) is 3.89. The van der Waals surface area contributed by atoms with Crippen LogP contribution in [-0.4, -0.2) is 51.2 Å².